The van der Waals surface area contributed by atoms with Gasteiger partial charge in [-0.25, -0.2) is 0 Å². The molecule has 1 aliphatic rings. The molecule has 0 bridgehead atoms. The van der Waals surface area contributed by atoms with E-state index in [2.05, 4.69) is 59.8 Å². The zero-order valence-corrected chi connectivity index (χ0v) is 17.1. The number of hydrogen-bond acceptors (Lipinski definition) is 3. The average Bonchev–Trinajstić information content (AvgIpc) is 3.40. The van der Waals surface area contributed by atoms with Crippen molar-refractivity contribution in [3.8, 4) is 0 Å². The Kier molecular flexibility index (Phi) is 6.81. The van der Waals surface area contributed by atoms with Crippen molar-refractivity contribution in [1.29, 1.82) is 0 Å². The van der Waals surface area contributed by atoms with Crippen LogP contribution in [0.2, 0.25) is 0 Å². The van der Waals surface area contributed by atoms with Gasteiger partial charge in [0, 0.05) is 31.7 Å². The van der Waals surface area contributed by atoms with Crippen molar-refractivity contribution >= 4 is 5.78 Å². The van der Waals surface area contributed by atoms with Crippen molar-refractivity contribution in [2.45, 2.75) is 84.6 Å². The molecule has 1 heterocycles. The summed E-state index contributed by atoms with van der Waals surface area (Å²) in [5.74, 6) is 3.15. The Morgan fingerprint density at radius 3 is 2.44 bits per heavy atom. The smallest absolute Gasteiger partial charge is 0.133 e. The zero-order chi connectivity index (χ0) is 19.2. The van der Waals surface area contributed by atoms with Crippen LogP contribution in [0.5, 0.6) is 0 Å². The van der Waals surface area contributed by atoms with Crippen LogP contribution in [0.15, 0.2) is 24.3 Å². The van der Waals surface area contributed by atoms with E-state index >= 15 is 0 Å². The first-order chi connectivity index (χ1) is 13.0. The number of Topliss-reactive ketones (excluding diaryl/α,β-unsaturated/α-hetero) is 1. The lowest BCUT2D eigenvalue weighted by atomic mass is 10.0. The molecule has 0 amide bonds. The lowest BCUT2D eigenvalue weighted by Gasteiger charge is -2.10. The maximum Gasteiger partial charge on any atom is 0.133 e. The van der Waals surface area contributed by atoms with E-state index in [1.807, 2.05) is 0 Å². The summed E-state index contributed by atoms with van der Waals surface area (Å²) in [6.07, 6.45) is 8.47. The molecule has 1 fully saturated rings. The molecule has 0 N–H and O–H groups in total. The molecule has 0 atom stereocenters. The van der Waals surface area contributed by atoms with Gasteiger partial charge in [-0.2, -0.15) is 0 Å². The van der Waals surface area contributed by atoms with E-state index in [0.29, 0.717) is 30.6 Å². The van der Waals surface area contributed by atoms with Crippen LogP contribution in [0.4, 0.5) is 0 Å². The first-order valence-electron chi connectivity index (χ1n) is 10.5. The molecule has 3 rings (SSSR count). The molecule has 0 saturated heterocycles. The van der Waals surface area contributed by atoms with Crippen molar-refractivity contribution in [3.63, 3.8) is 0 Å². The highest BCUT2D eigenvalue weighted by atomic mass is 16.1. The molecule has 27 heavy (non-hydrogen) atoms. The number of rotatable bonds is 11. The highest BCUT2D eigenvalue weighted by molar-refractivity contribution is 5.78. The standard InChI is InChI=1S/C23H33N3O/c1-17(2)11-15-22-24-25-23(26(22)20-12-13-20)16-14-21(27)10-6-9-19-8-5-4-7-18(19)3/h4-5,7-8,17,20H,6,9-16H2,1-3H3. The fraction of sp³-hybridized carbons (Fsp3) is 0.609. The van der Waals surface area contributed by atoms with Gasteiger partial charge in [-0.1, -0.05) is 38.1 Å². The summed E-state index contributed by atoms with van der Waals surface area (Å²) < 4.78 is 2.34. The first-order valence-corrected chi connectivity index (χ1v) is 10.5. The predicted octanol–water partition coefficient (Wildman–Crippen LogP) is 5.03. The normalized spacial score (nSPS) is 14.1. The first kappa shape index (κ1) is 19.8. The van der Waals surface area contributed by atoms with Gasteiger partial charge in [0.05, 0.1) is 0 Å². The lowest BCUT2D eigenvalue weighted by molar-refractivity contribution is -0.119. The third-order valence-corrected chi connectivity index (χ3v) is 5.48. The molecule has 2 aromatic rings. The molecule has 1 saturated carbocycles. The van der Waals surface area contributed by atoms with Crippen LogP contribution in [0.1, 0.15) is 81.2 Å². The number of carbonyl (C=O) groups is 1. The van der Waals surface area contributed by atoms with E-state index < -0.39 is 0 Å². The molecular formula is C23H33N3O. The van der Waals surface area contributed by atoms with E-state index in [0.717, 1.165) is 43.8 Å². The SMILES string of the molecule is Cc1ccccc1CCCC(=O)CCc1nnc(CCC(C)C)n1C1CC1. The van der Waals surface area contributed by atoms with Gasteiger partial charge in [-0.05, 0) is 56.1 Å². The van der Waals surface area contributed by atoms with Crippen molar-refractivity contribution in [2.75, 3.05) is 0 Å². The van der Waals surface area contributed by atoms with Crippen LogP contribution < -0.4 is 0 Å². The topological polar surface area (TPSA) is 47.8 Å². The Bertz CT molecular complexity index is 759. The van der Waals surface area contributed by atoms with E-state index in [-0.39, 0.29) is 0 Å². The summed E-state index contributed by atoms with van der Waals surface area (Å²) in [7, 11) is 0. The van der Waals surface area contributed by atoms with Gasteiger partial charge >= 0.3 is 0 Å². The van der Waals surface area contributed by atoms with E-state index in [4.69, 9.17) is 0 Å². The second kappa shape index (κ2) is 9.29. The summed E-state index contributed by atoms with van der Waals surface area (Å²) in [6.45, 7) is 6.63. The summed E-state index contributed by atoms with van der Waals surface area (Å²) in [4.78, 5) is 12.4. The number of carbonyl (C=O) groups excluding carboxylic acids is 1. The second-order valence-electron chi connectivity index (χ2n) is 8.38. The van der Waals surface area contributed by atoms with Crippen LogP contribution in [-0.2, 0) is 24.1 Å². The molecule has 1 aromatic heterocycles. The molecule has 0 aliphatic heterocycles. The molecular weight excluding hydrogens is 334 g/mol. The molecule has 0 radical (unpaired) electrons. The van der Waals surface area contributed by atoms with Crippen LogP contribution in [-0.4, -0.2) is 20.5 Å². The van der Waals surface area contributed by atoms with Crippen LogP contribution in [0.25, 0.3) is 0 Å². The maximum absolute atomic E-state index is 12.4. The highest BCUT2D eigenvalue weighted by Crippen LogP contribution is 2.37. The molecule has 0 unspecified atom stereocenters. The Hall–Kier alpha value is -1.97. The fourth-order valence-corrected chi connectivity index (χ4v) is 3.62. The minimum atomic E-state index is 0.345. The van der Waals surface area contributed by atoms with Crippen molar-refractivity contribution in [3.05, 3.63) is 47.0 Å². The summed E-state index contributed by atoms with van der Waals surface area (Å²) in [5, 5.41) is 8.87. The maximum atomic E-state index is 12.4. The van der Waals surface area contributed by atoms with Crippen LogP contribution >= 0.6 is 0 Å². The van der Waals surface area contributed by atoms with E-state index in [1.54, 1.807) is 0 Å². The number of ketones is 1. The Balaban J connectivity index is 1.48. The summed E-state index contributed by atoms with van der Waals surface area (Å²) in [6, 6.07) is 9.02. The molecule has 4 heteroatoms. The van der Waals surface area contributed by atoms with E-state index in [1.165, 1.54) is 24.0 Å². The minimum Gasteiger partial charge on any atom is -0.312 e. The number of benzene rings is 1. The van der Waals surface area contributed by atoms with Gasteiger partial charge in [0.15, 0.2) is 0 Å². The molecule has 146 valence electrons. The quantitative estimate of drug-likeness (QED) is 0.559. The van der Waals surface area contributed by atoms with Gasteiger partial charge in [0.25, 0.3) is 0 Å². The van der Waals surface area contributed by atoms with Crippen molar-refractivity contribution < 1.29 is 4.79 Å². The zero-order valence-electron chi connectivity index (χ0n) is 17.1. The lowest BCUT2D eigenvalue weighted by Crippen LogP contribution is -2.09. The van der Waals surface area contributed by atoms with Crippen molar-refractivity contribution in [2.24, 2.45) is 5.92 Å². The highest BCUT2D eigenvalue weighted by Gasteiger charge is 2.29. The molecule has 0 spiro atoms. The number of hydrogen-bond donors (Lipinski definition) is 0. The number of aryl methyl sites for hydroxylation is 4. The van der Waals surface area contributed by atoms with E-state index in [9.17, 15) is 4.79 Å². The third kappa shape index (κ3) is 5.75. The average molecular weight is 368 g/mol. The Morgan fingerprint density at radius 2 is 1.78 bits per heavy atom. The molecule has 1 aliphatic carbocycles. The van der Waals surface area contributed by atoms with Gasteiger partial charge in [-0.3, -0.25) is 4.79 Å². The number of aromatic nitrogens is 3. The second-order valence-corrected chi connectivity index (χ2v) is 8.38. The van der Waals surface area contributed by atoms with Crippen LogP contribution in [0.3, 0.4) is 0 Å². The largest absolute Gasteiger partial charge is 0.312 e. The van der Waals surface area contributed by atoms with Gasteiger partial charge in [0.2, 0.25) is 0 Å². The van der Waals surface area contributed by atoms with Gasteiger partial charge in [-0.15, -0.1) is 10.2 Å². The van der Waals surface area contributed by atoms with Crippen LogP contribution in [0, 0.1) is 12.8 Å². The Morgan fingerprint density at radius 1 is 1.07 bits per heavy atom. The summed E-state index contributed by atoms with van der Waals surface area (Å²) >= 11 is 0. The minimum absolute atomic E-state index is 0.345. The number of nitrogens with zero attached hydrogens (tertiary/aromatic N) is 3. The van der Waals surface area contributed by atoms with Crippen molar-refractivity contribution in [1.82, 2.24) is 14.8 Å². The Labute approximate surface area is 163 Å². The molecule has 1 aromatic carbocycles. The fourth-order valence-electron chi connectivity index (χ4n) is 3.62. The summed E-state index contributed by atoms with van der Waals surface area (Å²) in [5.41, 5.74) is 2.67. The van der Waals surface area contributed by atoms with Gasteiger partial charge < -0.3 is 4.57 Å². The monoisotopic (exact) mass is 367 g/mol. The third-order valence-electron chi connectivity index (χ3n) is 5.48. The predicted molar refractivity (Wildman–Crippen MR) is 109 cm³/mol. The molecule has 4 nitrogen and oxygen atoms in total. The van der Waals surface area contributed by atoms with Gasteiger partial charge in [0.1, 0.15) is 17.4 Å².